The lowest BCUT2D eigenvalue weighted by molar-refractivity contribution is 0.332. The molecule has 13 rings (SSSR count). The Hall–Kier alpha value is -7.36. The summed E-state index contributed by atoms with van der Waals surface area (Å²) in [6.45, 7) is 32.8. The third kappa shape index (κ3) is 9.04. The molecule has 0 radical (unpaired) electrons. The van der Waals surface area contributed by atoms with E-state index in [-0.39, 0.29) is 44.6 Å². The van der Waals surface area contributed by atoms with Gasteiger partial charge in [-0.15, -0.1) is 0 Å². The number of hydrogen-bond donors (Lipinski definition) is 0. The third-order valence-electron chi connectivity index (χ3n) is 21.1. The minimum atomic E-state index is -2.44. The average Bonchev–Trinajstić information content (AvgIpc) is 0.701. The standard InChI is InChI=1S/C81H87BN2/c1-52-44-72-74-73(45-52)84(69-39-35-59(80(13,14)57-26-19-17-20-27-57)47-62(69)55-25-23-24-54(46-55)53-30-32-56(33-31-53)75(2,3)4)70-48-60(81(15,16)58-28-21-18-22-29-58)34-38-67(70)82(74)68-50-65-66(79(11,12)43-42-78(65,9)10)51-71(68)83(72)61-36-37-63-64(49-61)77(7,8)41-40-76(63,5)6/h17-39,44-51H,40-43H2,1-16H3/i1D3. The highest BCUT2D eigenvalue weighted by molar-refractivity contribution is 7.00. The molecule has 2 aliphatic heterocycles. The third-order valence-corrected chi connectivity index (χ3v) is 21.1. The highest BCUT2D eigenvalue weighted by Crippen LogP contribution is 2.54. The zero-order valence-electron chi connectivity index (χ0n) is 55.7. The van der Waals surface area contributed by atoms with Crippen LogP contribution in [0.4, 0.5) is 34.1 Å². The first kappa shape index (κ1) is 52.2. The first-order valence-electron chi connectivity index (χ1n) is 32.6. The molecule has 4 aliphatic rings. The maximum absolute atomic E-state index is 9.52. The van der Waals surface area contributed by atoms with Crippen molar-refractivity contribution in [1.29, 1.82) is 0 Å². The van der Waals surface area contributed by atoms with Gasteiger partial charge < -0.3 is 9.80 Å². The van der Waals surface area contributed by atoms with E-state index in [0.717, 1.165) is 87.5 Å². The summed E-state index contributed by atoms with van der Waals surface area (Å²) >= 11 is 0. The van der Waals surface area contributed by atoms with Gasteiger partial charge in [-0.05, 0) is 203 Å². The first-order valence-corrected chi connectivity index (χ1v) is 31.1. The summed E-state index contributed by atoms with van der Waals surface area (Å²) in [6, 6.07) is 70.8. The fourth-order valence-electron chi connectivity index (χ4n) is 15.1. The Bertz CT molecular complexity index is 4190. The average molecular weight is 1100 g/mol. The topological polar surface area (TPSA) is 6.48 Å². The number of aryl methyl sites for hydroxylation is 1. The summed E-state index contributed by atoms with van der Waals surface area (Å²) in [5, 5.41) is 0. The summed E-state index contributed by atoms with van der Waals surface area (Å²) in [6.07, 6.45) is 4.37. The van der Waals surface area contributed by atoms with Crippen LogP contribution in [0, 0.1) is 6.85 Å². The van der Waals surface area contributed by atoms with E-state index in [0.29, 0.717) is 5.56 Å². The molecule has 424 valence electrons. The van der Waals surface area contributed by atoms with Gasteiger partial charge in [-0.3, -0.25) is 0 Å². The fraction of sp³-hybridized carbons (Fsp3) is 0.333. The van der Waals surface area contributed by atoms with Crippen molar-refractivity contribution in [3.63, 3.8) is 0 Å². The molecule has 0 amide bonds. The van der Waals surface area contributed by atoms with Crippen LogP contribution in [0.2, 0.25) is 0 Å². The van der Waals surface area contributed by atoms with Crippen LogP contribution in [0.15, 0.2) is 188 Å². The molecule has 0 N–H and O–H groups in total. The predicted molar refractivity (Wildman–Crippen MR) is 362 cm³/mol. The van der Waals surface area contributed by atoms with E-state index in [9.17, 15) is 4.11 Å². The molecule has 0 bridgehead atoms. The van der Waals surface area contributed by atoms with Gasteiger partial charge in [0.05, 0.1) is 5.69 Å². The minimum absolute atomic E-state index is 0.0153. The minimum Gasteiger partial charge on any atom is -0.311 e. The Morgan fingerprint density at radius 1 is 0.369 bits per heavy atom. The Morgan fingerprint density at radius 3 is 1.48 bits per heavy atom. The Labute approximate surface area is 508 Å². The molecular weight excluding hydrogens is 1010 g/mol. The second-order valence-corrected chi connectivity index (χ2v) is 30.1. The molecule has 0 fully saturated rings. The van der Waals surface area contributed by atoms with Crippen LogP contribution in [0.5, 0.6) is 0 Å². The highest BCUT2D eigenvalue weighted by Gasteiger charge is 2.48. The molecule has 9 aromatic rings. The maximum atomic E-state index is 9.52. The number of benzene rings is 9. The summed E-state index contributed by atoms with van der Waals surface area (Å²) in [5.41, 5.74) is 25.2. The molecule has 0 aromatic heterocycles. The van der Waals surface area contributed by atoms with Crippen LogP contribution in [0.25, 0.3) is 22.3 Å². The second-order valence-electron chi connectivity index (χ2n) is 30.1. The van der Waals surface area contributed by atoms with E-state index in [1.807, 2.05) is 12.1 Å². The second kappa shape index (κ2) is 19.3. The molecule has 2 nitrogen and oxygen atoms in total. The van der Waals surface area contributed by atoms with Crippen molar-refractivity contribution in [1.82, 2.24) is 0 Å². The zero-order valence-corrected chi connectivity index (χ0v) is 52.7. The van der Waals surface area contributed by atoms with Crippen molar-refractivity contribution in [3.05, 3.63) is 244 Å². The Balaban J connectivity index is 1.15. The van der Waals surface area contributed by atoms with Gasteiger partial charge in [-0.1, -0.05) is 237 Å². The van der Waals surface area contributed by atoms with E-state index < -0.39 is 6.85 Å². The van der Waals surface area contributed by atoms with Crippen LogP contribution in [-0.2, 0) is 37.9 Å². The molecule has 3 heteroatoms. The summed E-state index contributed by atoms with van der Waals surface area (Å²) in [5.74, 6) is 0. The normalized spacial score (nSPS) is 17.8. The van der Waals surface area contributed by atoms with Crippen molar-refractivity contribution < 1.29 is 4.11 Å². The lowest BCUT2D eigenvalue weighted by Crippen LogP contribution is -2.62. The molecule has 0 spiro atoms. The van der Waals surface area contributed by atoms with Crippen LogP contribution in [0.1, 0.15) is 189 Å². The zero-order chi connectivity index (χ0) is 61.8. The van der Waals surface area contributed by atoms with E-state index in [4.69, 9.17) is 0 Å². The number of fused-ring (bicyclic) bond motifs is 6. The van der Waals surface area contributed by atoms with Gasteiger partial charge in [-0.25, -0.2) is 0 Å². The Morgan fingerprint density at radius 2 is 0.881 bits per heavy atom. The van der Waals surface area contributed by atoms with Crippen molar-refractivity contribution in [2.45, 2.75) is 174 Å². The SMILES string of the molecule is [2H]C([2H])([2H])c1cc2c3c(c1)N(c1ccc(C(C)(C)c4ccccc4)cc1-c1cccc(-c4ccc(C(C)(C)C)cc4)c1)c1cc(C(C)(C)c4ccccc4)ccc1B3c1cc3c(cc1N2c1ccc2c(c1)C(C)(C)CCC2(C)C)C(C)(C)CCC3(C)C. The predicted octanol–water partition coefficient (Wildman–Crippen LogP) is 20.1. The van der Waals surface area contributed by atoms with Gasteiger partial charge in [0.15, 0.2) is 0 Å². The highest BCUT2D eigenvalue weighted by atomic mass is 15.2. The summed E-state index contributed by atoms with van der Waals surface area (Å²) in [7, 11) is 0. The van der Waals surface area contributed by atoms with Crippen LogP contribution < -0.4 is 26.2 Å². The van der Waals surface area contributed by atoms with E-state index in [1.165, 1.54) is 61.0 Å². The van der Waals surface area contributed by atoms with Gasteiger partial charge in [0.1, 0.15) is 0 Å². The van der Waals surface area contributed by atoms with E-state index >= 15 is 0 Å². The van der Waals surface area contributed by atoms with Crippen molar-refractivity contribution >= 4 is 57.2 Å². The van der Waals surface area contributed by atoms with Gasteiger partial charge in [0.2, 0.25) is 0 Å². The van der Waals surface area contributed by atoms with Crippen molar-refractivity contribution in [3.8, 4) is 22.3 Å². The summed E-state index contributed by atoms with van der Waals surface area (Å²) < 4.78 is 28.6. The number of hydrogen-bond acceptors (Lipinski definition) is 2. The number of nitrogens with zero attached hydrogens (tertiary/aromatic N) is 2. The van der Waals surface area contributed by atoms with Gasteiger partial charge in [-0.2, -0.15) is 0 Å². The fourth-order valence-corrected chi connectivity index (χ4v) is 15.1. The lowest BCUT2D eigenvalue weighted by atomic mass is 9.33. The quantitative estimate of drug-likeness (QED) is 0.140. The van der Waals surface area contributed by atoms with Crippen LogP contribution >= 0.6 is 0 Å². The monoisotopic (exact) mass is 1100 g/mol. The van der Waals surface area contributed by atoms with Gasteiger partial charge in [0, 0.05) is 48.9 Å². The maximum Gasteiger partial charge on any atom is 0.252 e. The number of anilines is 6. The molecule has 0 saturated carbocycles. The molecule has 2 aliphatic carbocycles. The van der Waals surface area contributed by atoms with Crippen molar-refractivity contribution in [2.24, 2.45) is 0 Å². The molecule has 9 aromatic carbocycles. The number of rotatable bonds is 8. The van der Waals surface area contributed by atoms with Gasteiger partial charge in [0.25, 0.3) is 6.71 Å². The molecule has 0 unspecified atom stereocenters. The molecule has 0 atom stereocenters. The molecule has 0 saturated heterocycles. The van der Waals surface area contributed by atoms with E-state index in [1.54, 1.807) is 0 Å². The van der Waals surface area contributed by atoms with Crippen molar-refractivity contribution in [2.75, 3.05) is 9.80 Å². The summed E-state index contributed by atoms with van der Waals surface area (Å²) in [4.78, 5) is 4.98. The van der Waals surface area contributed by atoms with Crippen LogP contribution in [-0.4, -0.2) is 6.71 Å². The smallest absolute Gasteiger partial charge is 0.252 e. The molecule has 84 heavy (non-hydrogen) atoms. The molecular formula is C81H87BN2. The largest absolute Gasteiger partial charge is 0.311 e. The van der Waals surface area contributed by atoms with Gasteiger partial charge >= 0.3 is 0 Å². The van der Waals surface area contributed by atoms with E-state index in [2.05, 4.69) is 290 Å². The van der Waals surface area contributed by atoms with Crippen LogP contribution in [0.3, 0.4) is 0 Å². The lowest BCUT2D eigenvalue weighted by Gasteiger charge is -2.48. The first-order chi connectivity index (χ1) is 40.9. The Kier molecular flexibility index (Phi) is 12.0. The molecule has 2 heterocycles.